The molecule has 1 amide bonds. The molecule has 2 rings (SSSR count). The van der Waals surface area contributed by atoms with Crippen LogP contribution in [0.3, 0.4) is 0 Å². The van der Waals surface area contributed by atoms with Crippen molar-refractivity contribution >= 4 is 15.9 Å². The van der Waals surface area contributed by atoms with E-state index in [0.29, 0.717) is 5.56 Å². The molecule has 0 saturated heterocycles. The normalized spacial score (nSPS) is 12.6. The smallest absolute Gasteiger partial charge is 0.255 e. The zero-order chi connectivity index (χ0) is 17.9. The second-order valence-corrected chi connectivity index (χ2v) is 7.33. The molecule has 1 atom stereocenters. The summed E-state index contributed by atoms with van der Waals surface area (Å²) in [5, 5.41) is 12.8. The van der Waals surface area contributed by atoms with Crippen LogP contribution >= 0.6 is 0 Å². The summed E-state index contributed by atoms with van der Waals surface area (Å²) in [6.07, 6.45) is 0. The molecule has 0 bridgehead atoms. The number of nitrogens with one attached hydrogen (secondary N) is 2. The minimum atomic E-state index is -3.49. The van der Waals surface area contributed by atoms with Crippen LogP contribution in [0.2, 0.25) is 0 Å². The molecule has 0 aliphatic rings. The van der Waals surface area contributed by atoms with Crippen LogP contribution in [-0.4, -0.2) is 26.5 Å². The number of rotatable bonds is 5. The molecular weight excluding hydrogens is 328 g/mol. The molecule has 0 heterocycles. The van der Waals surface area contributed by atoms with Gasteiger partial charge in [0, 0.05) is 0 Å². The molecule has 0 aliphatic heterocycles. The van der Waals surface area contributed by atoms with Crippen molar-refractivity contribution in [3.63, 3.8) is 0 Å². The van der Waals surface area contributed by atoms with Crippen LogP contribution in [0.1, 0.15) is 34.5 Å². The van der Waals surface area contributed by atoms with E-state index in [2.05, 4.69) is 10.0 Å². The van der Waals surface area contributed by atoms with Crippen LogP contribution < -0.4 is 10.0 Å². The third-order valence-electron chi connectivity index (χ3n) is 3.79. The Morgan fingerprint density at radius 2 is 1.75 bits per heavy atom. The molecule has 3 N–H and O–H groups in total. The molecule has 0 aliphatic carbocycles. The summed E-state index contributed by atoms with van der Waals surface area (Å²) < 4.78 is 25.7. The van der Waals surface area contributed by atoms with Crippen molar-refractivity contribution in [2.75, 3.05) is 7.05 Å². The van der Waals surface area contributed by atoms with E-state index in [0.717, 1.165) is 5.56 Å². The Kier molecular flexibility index (Phi) is 5.26. The Morgan fingerprint density at radius 3 is 2.33 bits per heavy atom. The molecule has 6 nitrogen and oxygen atoms in total. The van der Waals surface area contributed by atoms with Gasteiger partial charge in [-0.1, -0.05) is 24.3 Å². The number of hydrogen-bond acceptors (Lipinski definition) is 4. The highest BCUT2D eigenvalue weighted by Gasteiger charge is 2.17. The van der Waals surface area contributed by atoms with Gasteiger partial charge in [0.15, 0.2) is 0 Å². The number of phenols is 1. The average molecular weight is 348 g/mol. The number of benzene rings is 2. The van der Waals surface area contributed by atoms with Crippen molar-refractivity contribution in [1.82, 2.24) is 10.0 Å². The van der Waals surface area contributed by atoms with Crippen molar-refractivity contribution < 1.29 is 18.3 Å². The van der Waals surface area contributed by atoms with Gasteiger partial charge >= 0.3 is 0 Å². The summed E-state index contributed by atoms with van der Waals surface area (Å²) in [6.45, 7) is 3.50. The maximum absolute atomic E-state index is 12.3. The average Bonchev–Trinajstić information content (AvgIpc) is 2.57. The van der Waals surface area contributed by atoms with Crippen LogP contribution in [0.15, 0.2) is 47.4 Å². The molecule has 0 aromatic heterocycles. The first-order valence-corrected chi connectivity index (χ1v) is 8.87. The molecule has 0 saturated carbocycles. The van der Waals surface area contributed by atoms with Gasteiger partial charge in [0.25, 0.3) is 5.91 Å². The number of amides is 1. The van der Waals surface area contributed by atoms with Gasteiger partial charge in [-0.3, -0.25) is 4.79 Å². The third-order valence-corrected chi connectivity index (χ3v) is 5.22. The third kappa shape index (κ3) is 3.74. The van der Waals surface area contributed by atoms with Crippen molar-refractivity contribution in [2.45, 2.75) is 24.8 Å². The van der Waals surface area contributed by atoms with Crippen LogP contribution in [0.25, 0.3) is 0 Å². The monoisotopic (exact) mass is 348 g/mol. The maximum atomic E-state index is 12.3. The molecule has 128 valence electrons. The lowest BCUT2D eigenvalue weighted by Crippen LogP contribution is -2.27. The Hall–Kier alpha value is -2.38. The number of sulfonamides is 1. The Balaban J connectivity index is 2.16. The predicted octanol–water partition coefficient (Wildman–Crippen LogP) is 2.10. The van der Waals surface area contributed by atoms with Crippen LogP contribution in [0, 0.1) is 6.92 Å². The molecule has 7 heteroatoms. The summed E-state index contributed by atoms with van der Waals surface area (Å²) in [7, 11) is -2.14. The van der Waals surface area contributed by atoms with E-state index in [4.69, 9.17) is 0 Å². The number of para-hydroxylation sites is 1. The first-order valence-electron chi connectivity index (χ1n) is 7.39. The van der Waals surface area contributed by atoms with Crippen molar-refractivity contribution in [1.29, 1.82) is 0 Å². The Bertz CT molecular complexity index is 845. The number of phenolic OH excluding ortho intramolecular Hbond substituents is 1. The SMILES string of the molecule is CNS(=O)(=O)c1ccc([C@H](C)NC(=O)c2cccc(C)c2O)cc1. The molecule has 0 spiro atoms. The minimum Gasteiger partial charge on any atom is -0.507 e. The van der Waals surface area contributed by atoms with Gasteiger partial charge in [-0.15, -0.1) is 0 Å². The summed E-state index contributed by atoms with van der Waals surface area (Å²) >= 11 is 0. The highest BCUT2D eigenvalue weighted by atomic mass is 32.2. The number of aromatic hydroxyl groups is 1. The molecule has 2 aromatic carbocycles. The van der Waals surface area contributed by atoms with E-state index in [1.807, 2.05) is 0 Å². The zero-order valence-electron chi connectivity index (χ0n) is 13.7. The van der Waals surface area contributed by atoms with Crippen LogP contribution in [0.5, 0.6) is 5.75 Å². The zero-order valence-corrected chi connectivity index (χ0v) is 14.5. The van der Waals surface area contributed by atoms with Gasteiger partial charge in [0.2, 0.25) is 10.0 Å². The first-order chi connectivity index (χ1) is 11.3. The number of aryl methyl sites for hydroxylation is 1. The van der Waals surface area contributed by atoms with Gasteiger partial charge < -0.3 is 10.4 Å². The highest BCUT2D eigenvalue weighted by molar-refractivity contribution is 7.89. The molecule has 0 unspecified atom stereocenters. The van der Waals surface area contributed by atoms with E-state index in [9.17, 15) is 18.3 Å². The van der Waals surface area contributed by atoms with Crippen LogP contribution in [-0.2, 0) is 10.0 Å². The second kappa shape index (κ2) is 7.02. The summed E-state index contributed by atoms with van der Waals surface area (Å²) in [6, 6.07) is 10.9. The number of carbonyl (C=O) groups is 1. The fourth-order valence-electron chi connectivity index (χ4n) is 2.25. The lowest BCUT2D eigenvalue weighted by molar-refractivity contribution is 0.0937. The minimum absolute atomic E-state index is 0.0438. The number of hydrogen-bond donors (Lipinski definition) is 3. The summed E-state index contributed by atoms with van der Waals surface area (Å²) in [5.74, 6) is -0.437. The van der Waals surface area contributed by atoms with Gasteiger partial charge in [-0.25, -0.2) is 13.1 Å². The van der Waals surface area contributed by atoms with E-state index < -0.39 is 15.9 Å². The largest absolute Gasteiger partial charge is 0.507 e. The highest BCUT2D eigenvalue weighted by Crippen LogP contribution is 2.23. The predicted molar refractivity (Wildman–Crippen MR) is 91.4 cm³/mol. The molecule has 2 aromatic rings. The van der Waals surface area contributed by atoms with E-state index in [1.54, 1.807) is 44.2 Å². The summed E-state index contributed by atoms with van der Waals surface area (Å²) in [4.78, 5) is 12.5. The Morgan fingerprint density at radius 1 is 1.12 bits per heavy atom. The Labute approximate surface area is 141 Å². The standard InChI is InChI=1S/C17H20N2O4S/c1-11-5-4-6-15(16(11)20)17(21)19-12(2)13-7-9-14(10-8-13)24(22,23)18-3/h4-10,12,18,20H,1-3H3,(H,19,21)/t12-/m0/s1. The van der Waals surface area contributed by atoms with Crippen molar-refractivity contribution in [3.05, 3.63) is 59.2 Å². The van der Waals surface area contributed by atoms with Gasteiger partial charge in [0.05, 0.1) is 16.5 Å². The van der Waals surface area contributed by atoms with E-state index in [-0.39, 0.29) is 22.3 Å². The van der Waals surface area contributed by atoms with E-state index in [1.165, 1.54) is 19.2 Å². The first kappa shape index (κ1) is 18.0. The van der Waals surface area contributed by atoms with Gasteiger partial charge in [0.1, 0.15) is 5.75 Å². The quantitative estimate of drug-likeness (QED) is 0.771. The fraction of sp³-hybridized carbons (Fsp3) is 0.235. The molecule has 0 fully saturated rings. The van der Waals surface area contributed by atoms with Crippen molar-refractivity contribution in [2.24, 2.45) is 0 Å². The van der Waals surface area contributed by atoms with Gasteiger partial charge in [-0.2, -0.15) is 0 Å². The second-order valence-electron chi connectivity index (χ2n) is 5.44. The number of carbonyl (C=O) groups excluding carboxylic acids is 1. The van der Waals surface area contributed by atoms with Gasteiger partial charge in [-0.05, 0) is 50.2 Å². The lowest BCUT2D eigenvalue weighted by Gasteiger charge is -2.16. The maximum Gasteiger partial charge on any atom is 0.255 e. The molecule has 0 radical (unpaired) electrons. The lowest BCUT2D eigenvalue weighted by atomic mass is 10.1. The topological polar surface area (TPSA) is 95.5 Å². The van der Waals surface area contributed by atoms with Crippen molar-refractivity contribution in [3.8, 4) is 5.75 Å². The molecule has 24 heavy (non-hydrogen) atoms. The fourth-order valence-corrected chi connectivity index (χ4v) is 2.98. The summed E-state index contributed by atoms with van der Waals surface area (Å²) in [5.41, 5.74) is 1.58. The van der Waals surface area contributed by atoms with E-state index >= 15 is 0 Å². The molecular formula is C17H20N2O4S. The van der Waals surface area contributed by atoms with Crippen LogP contribution in [0.4, 0.5) is 0 Å².